The summed E-state index contributed by atoms with van der Waals surface area (Å²) in [6, 6.07) is 5.90. The molecule has 3 N–H and O–H groups in total. The van der Waals surface area contributed by atoms with Crippen molar-refractivity contribution in [1.29, 1.82) is 0 Å². The molecule has 1 amide bonds. The van der Waals surface area contributed by atoms with Gasteiger partial charge in [0, 0.05) is 23.1 Å². The van der Waals surface area contributed by atoms with Gasteiger partial charge < -0.3 is 11.1 Å². The average Bonchev–Trinajstić information content (AvgIpc) is 2.91. The molecule has 0 atom stereocenters. The fourth-order valence-electron chi connectivity index (χ4n) is 4.22. The quantitative estimate of drug-likeness (QED) is 0.610. The molecule has 0 unspecified atom stereocenters. The number of thiophene rings is 1. The van der Waals surface area contributed by atoms with Gasteiger partial charge in [-0.2, -0.15) is 0 Å². The molecule has 6 heteroatoms. The lowest BCUT2D eigenvalue weighted by Gasteiger charge is -2.29. The number of hydrogen-bond donors (Lipinski definition) is 2. The van der Waals surface area contributed by atoms with Gasteiger partial charge >= 0.3 is 0 Å². The Kier molecular flexibility index (Phi) is 4.50. The molecular formula is C23H25N3O2S. The standard InChI is InChI=1S/C23H25N3O2S/c1-11-6-12(2)19(13(3)7-11)26-21(28)20-18(24)15-8-14-16(25-22(15)29-20)9-23(4,5)10-17(14)27/h6-8H,9-10,24H2,1-5H3,(H,26,28). The van der Waals surface area contributed by atoms with Gasteiger partial charge in [0.1, 0.15) is 9.71 Å². The van der Waals surface area contributed by atoms with E-state index in [1.807, 2.05) is 39.0 Å². The van der Waals surface area contributed by atoms with Gasteiger partial charge in [0.15, 0.2) is 5.78 Å². The molecule has 150 valence electrons. The molecule has 1 aliphatic rings. The van der Waals surface area contributed by atoms with Crippen LogP contribution in [0.3, 0.4) is 0 Å². The maximum atomic E-state index is 13.0. The summed E-state index contributed by atoms with van der Waals surface area (Å²) in [5, 5.41) is 3.70. The summed E-state index contributed by atoms with van der Waals surface area (Å²) in [6.07, 6.45) is 1.24. The van der Waals surface area contributed by atoms with E-state index in [2.05, 4.69) is 19.2 Å². The molecule has 0 fully saturated rings. The van der Waals surface area contributed by atoms with E-state index < -0.39 is 0 Å². The lowest BCUT2D eigenvalue weighted by molar-refractivity contribution is 0.0910. The van der Waals surface area contributed by atoms with Gasteiger partial charge in [-0.25, -0.2) is 4.98 Å². The Morgan fingerprint density at radius 3 is 2.45 bits per heavy atom. The highest BCUT2D eigenvalue weighted by molar-refractivity contribution is 7.21. The number of Topliss-reactive ketones (excluding diaryl/α,β-unsaturated/α-hetero) is 1. The second-order valence-corrected chi connectivity index (χ2v) is 9.85. The lowest BCUT2D eigenvalue weighted by atomic mass is 9.75. The maximum Gasteiger partial charge on any atom is 0.267 e. The molecule has 5 nitrogen and oxygen atoms in total. The van der Waals surface area contributed by atoms with Crippen molar-refractivity contribution in [2.24, 2.45) is 5.41 Å². The summed E-state index contributed by atoms with van der Waals surface area (Å²) in [5.41, 5.74) is 12.0. The first-order valence-corrected chi connectivity index (χ1v) is 10.5. The largest absolute Gasteiger partial charge is 0.397 e. The number of nitrogens with one attached hydrogen (secondary N) is 1. The van der Waals surface area contributed by atoms with Crippen molar-refractivity contribution >= 4 is 44.6 Å². The number of carbonyl (C=O) groups is 2. The van der Waals surface area contributed by atoms with Gasteiger partial charge in [-0.3, -0.25) is 9.59 Å². The Bertz CT molecular complexity index is 1170. The van der Waals surface area contributed by atoms with Crippen LogP contribution < -0.4 is 11.1 Å². The molecular weight excluding hydrogens is 382 g/mol. The number of carbonyl (C=O) groups excluding carboxylic acids is 2. The first kappa shape index (κ1) is 19.6. The number of anilines is 2. The molecule has 1 aromatic carbocycles. The van der Waals surface area contributed by atoms with Crippen molar-refractivity contribution in [3.05, 3.63) is 51.0 Å². The number of nitrogen functional groups attached to an aromatic ring is 1. The molecule has 2 heterocycles. The fraction of sp³-hybridized carbons (Fsp3) is 0.348. The van der Waals surface area contributed by atoms with Crippen LogP contribution in [0.5, 0.6) is 0 Å². The Balaban J connectivity index is 1.75. The van der Waals surface area contributed by atoms with Crippen molar-refractivity contribution in [3.8, 4) is 0 Å². The number of hydrogen-bond acceptors (Lipinski definition) is 5. The van der Waals surface area contributed by atoms with Crippen LogP contribution in [0, 0.1) is 26.2 Å². The molecule has 4 rings (SSSR count). The van der Waals surface area contributed by atoms with Crippen molar-refractivity contribution < 1.29 is 9.59 Å². The van der Waals surface area contributed by atoms with Gasteiger partial charge in [-0.05, 0) is 49.8 Å². The van der Waals surface area contributed by atoms with Gasteiger partial charge in [0.25, 0.3) is 5.91 Å². The minimum Gasteiger partial charge on any atom is -0.397 e. The Morgan fingerprint density at radius 1 is 1.14 bits per heavy atom. The van der Waals surface area contributed by atoms with E-state index in [0.29, 0.717) is 32.8 Å². The highest BCUT2D eigenvalue weighted by atomic mass is 32.1. The number of aryl methyl sites for hydroxylation is 3. The number of pyridine rings is 1. The van der Waals surface area contributed by atoms with E-state index in [9.17, 15) is 9.59 Å². The number of ketones is 1. The highest BCUT2D eigenvalue weighted by Gasteiger charge is 2.33. The summed E-state index contributed by atoms with van der Waals surface area (Å²) in [7, 11) is 0. The molecule has 0 aliphatic heterocycles. The van der Waals surface area contributed by atoms with Crippen LogP contribution in [0.15, 0.2) is 18.2 Å². The van der Waals surface area contributed by atoms with Gasteiger partial charge in [0.2, 0.25) is 0 Å². The molecule has 0 radical (unpaired) electrons. The molecule has 3 aromatic rings. The summed E-state index contributed by atoms with van der Waals surface area (Å²) in [6.45, 7) is 10.1. The first-order valence-electron chi connectivity index (χ1n) is 9.70. The number of nitrogens with two attached hydrogens (primary N) is 1. The van der Waals surface area contributed by atoms with Crippen LogP contribution in [0.2, 0.25) is 0 Å². The summed E-state index contributed by atoms with van der Waals surface area (Å²) in [4.78, 5) is 31.4. The van der Waals surface area contributed by atoms with Crippen LogP contribution in [0.25, 0.3) is 10.2 Å². The fourth-order valence-corrected chi connectivity index (χ4v) is 5.21. The van der Waals surface area contributed by atoms with E-state index in [1.54, 1.807) is 0 Å². The van der Waals surface area contributed by atoms with E-state index in [0.717, 1.165) is 34.5 Å². The molecule has 2 aromatic heterocycles. The Morgan fingerprint density at radius 2 is 1.79 bits per heavy atom. The zero-order valence-corrected chi connectivity index (χ0v) is 18.2. The number of benzene rings is 1. The highest BCUT2D eigenvalue weighted by Crippen LogP contribution is 2.39. The maximum absolute atomic E-state index is 13.0. The van der Waals surface area contributed by atoms with Gasteiger partial charge in [-0.1, -0.05) is 31.5 Å². The van der Waals surface area contributed by atoms with Crippen molar-refractivity contribution in [3.63, 3.8) is 0 Å². The molecule has 0 bridgehead atoms. The minimum atomic E-state index is -0.245. The van der Waals surface area contributed by atoms with Crippen LogP contribution in [0.1, 0.15) is 62.7 Å². The Labute approximate surface area is 174 Å². The predicted molar refractivity (Wildman–Crippen MR) is 119 cm³/mol. The van der Waals surface area contributed by atoms with Crippen molar-refractivity contribution in [2.75, 3.05) is 11.1 Å². The number of fused-ring (bicyclic) bond motifs is 2. The monoisotopic (exact) mass is 407 g/mol. The third-order valence-corrected chi connectivity index (χ3v) is 6.62. The van der Waals surface area contributed by atoms with E-state index in [1.165, 1.54) is 11.3 Å². The molecule has 0 saturated carbocycles. The van der Waals surface area contributed by atoms with Crippen LogP contribution in [-0.2, 0) is 6.42 Å². The third-order valence-electron chi connectivity index (χ3n) is 5.51. The molecule has 0 spiro atoms. The zero-order chi connectivity index (χ0) is 21.1. The average molecular weight is 408 g/mol. The van der Waals surface area contributed by atoms with Crippen LogP contribution in [0.4, 0.5) is 11.4 Å². The number of nitrogens with zero attached hydrogens (tertiary/aromatic N) is 1. The lowest BCUT2D eigenvalue weighted by Crippen LogP contribution is -2.27. The van der Waals surface area contributed by atoms with Gasteiger partial charge in [0.05, 0.1) is 11.4 Å². The van der Waals surface area contributed by atoms with Crippen molar-refractivity contribution in [1.82, 2.24) is 4.98 Å². The summed E-state index contributed by atoms with van der Waals surface area (Å²) >= 11 is 1.28. The SMILES string of the molecule is Cc1cc(C)c(NC(=O)c2sc3nc4c(cc3c2N)C(=O)CC(C)(C)C4)c(C)c1. The van der Waals surface area contributed by atoms with E-state index in [-0.39, 0.29) is 17.1 Å². The van der Waals surface area contributed by atoms with Crippen molar-refractivity contribution in [2.45, 2.75) is 47.5 Å². The van der Waals surface area contributed by atoms with E-state index >= 15 is 0 Å². The van der Waals surface area contributed by atoms with Crippen LogP contribution >= 0.6 is 11.3 Å². The molecule has 1 aliphatic carbocycles. The smallest absolute Gasteiger partial charge is 0.267 e. The number of aromatic nitrogens is 1. The van der Waals surface area contributed by atoms with Crippen LogP contribution in [-0.4, -0.2) is 16.7 Å². The predicted octanol–water partition coefficient (Wildman–Crippen LogP) is 5.21. The summed E-state index contributed by atoms with van der Waals surface area (Å²) < 4.78 is 0. The first-order chi connectivity index (χ1) is 13.6. The zero-order valence-electron chi connectivity index (χ0n) is 17.4. The third kappa shape index (κ3) is 3.42. The topological polar surface area (TPSA) is 85.1 Å². The second-order valence-electron chi connectivity index (χ2n) is 8.85. The number of amides is 1. The normalized spacial score (nSPS) is 15.4. The minimum absolute atomic E-state index is 0.0909. The van der Waals surface area contributed by atoms with E-state index in [4.69, 9.17) is 10.7 Å². The Hall–Kier alpha value is -2.73. The second kappa shape index (κ2) is 6.66. The molecule has 0 saturated heterocycles. The van der Waals surface area contributed by atoms with Gasteiger partial charge in [-0.15, -0.1) is 11.3 Å². The summed E-state index contributed by atoms with van der Waals surface area (Å²) in [5.74, 6) is -0.154. The molecule has 29 heavy (non-hydrogen) atoms. The number of rotatable bonds is 2.